The fourth-order valence-electron chi connectivity index (χ4n) is 2.54. The number of nitrogens with two attached hydrogens (primary N) is 1. The van der Waals surface area contributed by atoms with E-state index in [9.17, 15) is 13.6 Å². The maximum Gasteiger partial charge on any atom is 0.170 e. The summed E-state index contributed by atoms with van der Waals surface area (Å²) in [5, 5.41) is 0. The zero-order valence-electron chi connectivity index (χ0n) is 11.6. The maximum atomic E-state index is 13.9. The van der Waals surface area contributed by atoms with Gasteiger partial charge in [0.1, 0.15) is 17.2 Å². The van der Waals surface area contributed by atoms with Gasteiger partial charge in [0.15, 0.2) is 12.1 Å². The van der Waals surface area contributed by atoms with E-state index in [1.54, 1.807) is 34.9 Å². The lowest BCUT2D eigenvalue weighted by molar-refractivity contribution is 0.111. The quantitative estimate of drug-likeness (QED) is 0.753. The molecule has 3 aromatic rings. The summed E-state index contributed by atoms with van der Waals surface area (Å²) in [5.41, 5.74) is 8.00. The van der Waals surface area contributed by atoms with Crippen LogP contribution in [0, 0.1) is 5.82 Å². The molecule has 3 rings (SSSR count). The Morgan fingerprint density at radius 2 is 2.09 bits per heavy atom. The lowest BCUT2D eigenvalue weighted by Gasteiger charge is -2.10. The summed E-state index contributed by atoms with van der Waals surface area (Å²) in [6.07, 6.45) is 2.26. The predicted octanol–water partition coefficient (Wildman–Crippen LogP) is 3.05. The molecular formula is C16H13F2N3O. The summed E-state index contributed by atoms with van der Waals surface area (Å²) in [7, 11) is 0. The van der Waals surface area contributed by atoms with Crippen LogP contribution in [-0.2, 0) is 6.42 Å². The van der Waals surface area contributed by atoms with Crippen LogP contribution >= 0.6 is 0 Å². The Hall–Kier alpha value is -2.76. The molecule has 6 heteroatoms. The lowest BCUT2D eigenvalue weighted by Crippen LogP contribution is -1.99. The molecule has 0 fully saturated rings. The molecule has 1 aromatic carbocycles. The zero-order chi connectivity index (χ0) is 15.7. The minimum absolute atomic E-state index is 0.00729. The third-order valence-corrected chi connectivity index (χ3v) is 3.57. The van der Waals surface area contributed by atoms with Gasteiger partial charge in [-0.1, -0.05) is 12.1 Å². The summed E-state index contributed by atoms with van der Waals surface area (Å²) < 4.78 is 28.2. The second-order valence-electron chi connectivity index (χ2n) is 4.85. The van der Waals surface area contributed by atoms with Gasteiger partial charge < -0.3 is 5.73 Å². The Morgan fingerprint density at radius 3 is 2.82 bits per heavy atom. The average Bonchev–Trinajstić information content (AvgIpc) is 2.83. The van der Waals surface area contributed by atoms with Crippen molar-refractivity contribution in [1.29, 1.82) is 0 Å². The van der Waals surface area contributed by atoms with E-state index in [4.69, 9.17) is 5.73 Å². The number of hydrogen-bond acceptors (Lipinski definition) is 3. The second-order valence-corrected chi connectivity index (χ2v) is 4.85. The second kappa shape index (κ2) is 5.55. The van der Waals surface area contributed by atoms with E-state index in [1.807, 2.05) is 0 Å². The fourth-order valence-corrected chi connectivity index (χ4v) is 2.54. The van der Waals surface area contributed by atoms with Crippen molar-refractivity contribution in [2.75, 3.05) is 12.4 Å². The maximum absolute atomic E-state index is 13.9. The highest BCUT2D eigenvalue weighted by atomic mass is 19.1. The number of imidazole rings is 1. The normalized spacial score (nSPS) is 11.0. The van der Waals surface area contributed by atoms with E-state index in [1.165, 1.54) is 6.07 Å². The SMILES string of the molecule is Nc1nc2ccc(-c3cccc(F)c3CCF)cn2c1C=O. The molecule has 2 heterocycles. The first-order chi connectivity index (χ1) is 10.7. The lowest BCUT2D eigenvalue weighted by atomic mass is 9.98. The van der Waals surface area contributed by atoms with Crippen LogP contribution in [-0.4, -0.2) is 22.3 Å². The largest absolute Gasteiger partial charge is 0.382 e. The minimum atomic E-state index is -0.645. The molecule has 0 aliphatic rings. The number of hydrogen-bond donors (Lipinski definition) is 1. The molecule has 0 unspecified atom stereocenters. The van der Waals surface area contributed by atoms with Gasteiger partial charge in [0.05, 0.1) is 6.67 Å². The molecule has 0 spiro atoms. The molecule has 0 radical (unpaired) electrons. The van der Waals surface area contributed by atoms with Gasteiger partial charge in [-0.25, -0.2) is 9.37 Å². The van der Waals surface area contributed by atoms with Crippen molar-refractivity contribution in [3.8, 4) is 11.1 Å². The smallest absolute Gasteiger partial charge is 0.170 e. The van der Waals surface area contributed by atoms with Crippen LogP contribution in [0.1, 0.15) is 16.1 Å². The van der Waals surface area contributed by atoms with Crippen molar-refractivity contribution in [1.82, 2.24) is 9.38 Å². The van der Waals surface area contributed by atoms with Gasteiger partial charge in [0, 0.05) is 12.6 Å². The average molecular weight is 301 g/mol. The number of nitrogens with zero attached hydrogens (tertiary/aromatic N) is 2. The van der Waals surface area contributed by atoms with Crippen LogP contribution in [0.3, 0.4) is 0 Å². The number of anilines is 1. The number of nitrogen functional groups attached to an aromatic ring is 1. The molecule has 2 aromatic heterocycles. The molecule has 4 nitrogen and oxygen atoms in total. The number of aromatic nitrogens is 2. The summed E-state index contributed by atoms with van der Waals surface area (Å²) in [6.45, 7) is -0.645. The molecule has 22 heavy (non-hydrogen) atoms. The number of fused-ring (bicyclic) bond motifs is 1. The summed E-state index contributed by atoms with van der Waals surface area (Å²) in [6, 6.07) is 8.02. The molecule has 0 saturated carbocycles. The molecule has 112 valence electrons. The van der Waals surface area contributed by atoms with Gasteiger partial charge in [0.2, 0.25) is 0 Å². The summed E-state index contributed by atoms with van der Waals surface area (Å²) >= 11 is 0. The number of rotatable bonds is 4. The van der Waals surface area contributed by atoms with Gasteiger partial charge in [-0.2, -0.15) is 0 Å². The van der Waals surface area contributed by atoms with Gasteiger partial charge in [-0.15, -0.1) is 0 Å². The number of benzene rings is 1. The van der Waals surface area contributed by atoms with E-state index in [0.717, 1.165) is 0 Å². The fraction of sp³-hybridized carbons (Fsp3) is 0.125. The van der Waals surface area contributed by atoms with Crippen molar-refractivity contribution in [3.63, 3.8) is 0 Å². The zero-order valence-corrected chi connectivity index (χ0v) is 11.6. The topological polar surface area (TPSA) is 60.4 Å². The summed E-state index contributed by atoms with van der Waals surface area (Å²) in [4.78, 5) is 15.2. The van der Waals surface area contributed by atoms with Gasteiger partial charge >= 0.3 is 0 Å². The Balaban J connectivity index is 2.23. The van der Waals surface area contributed by atoms with Crippen LogP contribution in [0.25, 0.3) is 16.8 Å². The highest BCUT2D eigenvalue weighted by molar-refractivity contribution is 5.82. The van der Waals surface area contributed by atoms with Gasteiger partial charge in [-0.3, -0.25) is 13.6 Å². The van der Waals surface area contributed by atoms with E-state index >= 15 is 0 Å². The number of pyridine rings is 1. The van der Waals surface area contributed by atoms with E-state index in [2.05, 4.69) is 4.98 Å². The Labute approximate surface area is 125 Å². The van der Waals surface area contributed by atoms with Crippen molar-refractivity contribution in [3.05, 3.63) is 53.6 Å². The first kappa shape index (κ1) is 14.2. The number of carbonyl (C=O) groups excluding carboxylic acids is 1. The van der Waals surface area contributed by atoms with E-state index < -0.39 is 12.5 Å². The van der Waals surface area contributed by atoms with Gasteiger partial charge in [0.25, 0.3) is 0 Å². The number of aldehydes is 1. The highest BCUT2D eigenvalue weighted by Gasteiger charge is 2.13. The number of alkyl halides is 1. The Kier molecular flexibility index (Phi) is 3.58. The Bertz CT molecular complexity index is 858. The monoisotopic (exact) mass is 301 g/mol. The van der Waals surface area contributed by atoms with Crippen molar-refractivity contribution < 1.29 is 13.6 Å². The Morgan fingerprint density at radius 1 is 1.27 bits per heavy atom. The molecule has 0 aliphatic heterocycles. The first-order valence-corrected chi connectivity index (χ1v) is 6.72. The third-order valence-electron chi connectivity index (χ3n) is 3.57. The third kappa shape index (κ3) is 2.22. The van der Waals surface area contributed by atoms with Crippen LogP contribution in [0.2, 0.25) is 0 Å². The molecule has 0 amide bonds. The van der Waals surface area contributed by atoms with Crippen molar-refractivity contribution >= 4 is 17.8 Å². The molecule has 0 bridgehead atoms. The van der Waals surface area contributed by atoms with Crippen LogP contribution in [0.4, 0.5) is 14.6 Å². The molecule has 0 aliphatic carbocycles. The van der Waals surface area contributed by atoms with Crippen LogP contribution in [0.5, 0.6) is 0 Å². The van der Waals surface area contributed by atoms with Crippen LogP contribution < -0.4 is 5.73 Å². The molecule has 2 N–H and O–H groups in total. The number of carbonyl (C=O) groups is 1. The number of halogens is 2. The van der Waals surface area contributed by atoms with Gasteiger partial charge in [-0.05, 0) is 34.9 Å². The minimum Gasteiger partial charge on any atom is -0.382 e. The van der Waals surface area contributed by atoms with Crippen LogP contribution in [0.15, 0.2) is 36.5 Å². The van der Waals surface area contributed by atoms with E-state index in [-0.39, 0.29) is 17.9 Å². The van der Waals surface area contributed by atoms with Crippen molar-refractivity contribution in [2.45, 2.75) is 6.42 Å². The molecular weight excluding hydrogens is 288 g/mol. The molecule has 0 atom stereocenters. The van der Waals surface area contributed by atoms with E-state index in [0.29, 0.717) is 28.6 Å². The first-order valence-electron chi connectivity index (χ1n) is 6.72. The standard InChI is InChI=1S/C16H13F2N3O/c17-7-6-12-11(2-1-3-13(12)18)10-4-5-15-20-16(19)14(9-22)21(15)8-10/h1-5,8-9H,6-7,19H2. The highest BCUT2D eigenvalue weighted by Crippen LogP contribution is 2.27. The summed E-state index contributed by atoms with van der Waals surface area (Å²) in [5.74, 6) is -0.314. The predicted molar refractivity (Wildman–Crippen MR) is 80.1 cm³/mol. The molecule has 0 saturated heterocycles. The van der Waals surface area contributed by atoms with Crippen molar-refractivity contribution in [2.24, 2.45) is 0 Å².